The van der Waals surface area contributed by atoms with Gasteiger partial charge in [0.25, 0.3) is 0 Å². The van der Waals surface area contributed by atoms with Crippen molar-refractivity contribution in [2.75, 3.05) is 7.05 Å². The molecule has 0 aromatic rings. The first-order chi connectivity index (χ1) is 7.84. The maximum atomic E-state index is 11.9. The third-order valence-corrected chi connectivity index (χ3v) is 3.45. The summed E-state index contributed by atoms with van der Waals surface area (Å²) in [7, 11) is 1.72. The number of carbonyl (C=O) groups excluding carboxylic acids is 1. The van der Waals surface area contributed by atoms with Gasteiger partial charge in [0, 0.05) is 13.1 Å². The van der Waals surface area contributed by atoms with Crippen LogP contribution in [0.1, 0.15) is 33.6 Å². The molecule has 1 fully saturated rings. The summed E-state index contributed by atoms with van der Waals surface area (Å²) < 4.78 is 0. The lowest BCUT2D eigenvalue weighted by atomic mass is 10.1. The molecular formula is C12H22N2O3. The first kappa shape index (κ1) is 13.8. The van der Waals surface area contributed by atoms with E-state index in [-0.39, 0.29) is 18.0 Å². The Morgan fingerprint density at radius 1 is 1.29 bits per heavy atom. The molecule has 2 unspecified atom stereocenters. The Balaban J connectivity index is 2.53. The number of amides is 2. The van der Waals surface area contributed by atoms with Crippen molar-refractivity contribution in [2.45, 2.75) is 45.7 Å². The average Bonchev–Trinajstić information content (AvgIpc) is 3.06. The summed E-state index contributed by atoms with van der Waals surface area (Å²) in [6, 6.07) is -0.946. The smallest absolute Gasteiger partial charge is 0.326 e. The highest BCUT2D eigenvalue weighted by Crippen LogP contribution is 2.34. The Kier molecular flexibility index (Phi) is 4.37. The molecule has 1 aliphatic rings. The van der Waals surface area contributed by atoms with E-state index in [1.54, 1.807) is 25.8 Å². The summed E-state index contributed by atoms with van der Waals surface area (Å²) in [4.78, 5) is 24.5. The van der Waals surface area contributed by atoms with Gasteiger partial charge in [-0.3, -0.25) is 0 Å². The van der Waals surface area contributed by atoms with Crippen LogP contribution in [0.25, 0.3) is 0 Å². The van der Waals surface area contributed by atoms with Gasteiger partial charge in [-0.05, 0) is 31.6 Å². The van der Waals surface area contributed by atoms with E-state index in [9.17, 15) is 9.59 Å². The topological polar surface area (TPSA) is 69.6 Å². The van der Waals surface area contributed by atoms with E-state index >= 15 is 0 Å². The monoisotopic (exact) mass is 242 g/mol. The molecule has 0 aromatic heterocycles. The second-order valence-electron chi connectivity index (χ2n) is 5.20. The van der Waals surface area contributed by atoms with Crippen LogP contribution >= 0.6 is 0 Å². The van der Waals surface area contributed by atoms with Gasteiger partial charge in [-0.1, -0.05) is 13.8 Å². The second kappa shape index (κ2) is 5.38. The number of rotatable bonds is 5. The van der Waals surface area contributed by atoms with Crippen molar-refractivity contribution in [3.63, 3.8) is 0 Å². The molecule has 0 aromatic carbocycles. The second-order valence-corrected chi connectivity index (χ2v) is 5.20. The van der Waals surface area contributed by atoms with E-state index in [2.05, 4.69) is 5.32 Å². The first-order valence-electron chi connectivity index (χ1n) is 6.10. The van der Waals surface area contributed by atoms with Crippen LogP contribution < -0.4 is 5.32 Å². The van der Waals surface area contributed by atoms with Crippen LogP contribution in [0.4, 0.5) is 4.79 Å². The number of nitrogens with one attached hydrogen (secondary N) is 1. The molecule has 0 aliphatic heterocycles. The van der Waals surface area contributed by atoms with Crippen LogP contribution in [0.15, 0.2) is 0 Å². The highest BCUT2D eigenvalue weighted by Gasteiger charge is 2.34. The van der Waals surface area contributed by atoms with Crippen LogP contribution in [0.3, 0.4) is 0 Å². The Morgan fingerprint density at radius 3 is 2.18 bits per heavy atom. The average molecular weight is 242 g/mol. The van der Waals surface area contributed by atoms with Gasteiger partial charge in [-0.25, -0.2) is 9.59 Å². The van der Waals surface area contributed by atoms with E-state index in [0.29, 0.717) is 5.92 Å². The third kappa shape index (κ3) is 3.61. The summed E-state index contributed by atoms with van der Waals surface area (Å²) in [6.07, 6.45) is 2.32. The van der Waals surface area contributed by atoms with E-state index in [1.807, 2.05) is 6.92 Å². The zero-order chi connectivity index (χ0) is 13.2. The number of hydrogen-bond acceptors (Lipinski definition) is 2. The zero-order valence-corrected chi connectivity index (χ0v) is 10.9. The number of urea groups is 1. The summed E-state index contributed by atoms with van der Waals surface area (Å²) >= 11 is 0. The summed E-state index contributed by atoms with van der Waals surface area (Å²) in [5.74, 6) is -0.532. The van der Waals surface area contributed by atoms with E-state index in [4.69, 9.17) is 5.11 Å². The SMILES string of the molecule is CC(C)C(NC(=O)N(C)C(C)C1CC1)C(=O)O. The van der Waals surface area contributed by atoms with Crippen LogP contribution in [-0.4, -0.2) is 41.1 Å². The predicted octanol–water partition coefficient (Wildman–Crippen LogP) is 1.54. The van der Waals surface area contributed by atoms with Gasteiger partial charge in [-0.15, -0.1) is 0 Å². The van der Waals surface area contributed by atoms with Gasteiger partial charge in [-0.2, -0.15) is 0 Å². The minimum Gasteiger partial charge on any atom is -0.480 e. The largest absolute Gasteiger partial charge is 0.480 e. The fourth-order valence-corrected chi connectivity index (χ4v) is 1.83. The Bertz CT molecular complexity index is 300. The normalized spacial score (nSPS) is 18.6. The molecule has 17 heavy (non-hydrogen) atoms. The van der Waals surface area contributed by atoms with E-state index < -0.39 is 12.0 Å². The molecule has 0 spiro atoms. The van der Waals surface area contributed by atoms with Crippen molar-refractivity contribution in [1.82, 2.24) is 10.2 Å². The highest BCUT2D eigenvalue weighted by atomic mass is 16.4. The minimum atomic E-state index is -0.985. The van der Waals surface area contributed by atoms with Gasteiger partial charge in [0.15, 0.2) is 0 Å². The molecule has 98 valence electrons. The van der Waals surface area contributed by atoms with Crippen LogP contribution in [0, 0.1) is 11.8 Å². The van der Waals surface area contributed by atoms with Gasteiger partial charge in [0.05, 0.1) is 0 Å². The van der Waals surface area contributed by atoms with E-state index in [1.165, 1.54) is 0 Å². The fourth-order valence-electron chi connectivity index (χ4n) is 1.83. The zero-order valence-electron chi connectivity index (χ0n) is 10.9. The number of aliphatic carboxylic acids is 1. The molecule has 1 saturated carbocycles. The van der Waals surface area contributed by atoms with Crippen molar-refractivity contribution >= 4 is 12.0 Å². The lowest BCUT2D eigenvalue weighted by Gasteiger charge is -2.28. The molecule has 5 nitrogen and oxygen atoms in total. The summed E-state index contributed by atoms with van der Waals surface area (Å²) in [5, 5.41) is 11.6. The Morgan fingerprint density at radius 2 is 1.82 bits per heavy atom. The number of hydrogen-bond donors (Lipinski definition) is 2. The molecule has 1 aliphatic carbocycles. The standard InChI is InChI=1S/C12H22N2O3/c1-7(2)10(11(15)16)13-12(17)14(4)8(3)9-5-6-9/h7-10H,5-6H2,1-4H3,(H,13,17)(H,15,16). The fraction of sp³-hybridized carbons (Fsp3) is 0.833. The molecule has 0 radical (unpaired) electrons. The van der Waals surface area contributed by atoms with Crippen molar-refractivity contribution in [3.05, 3.63) is 0 Å². The maximum absolute atomic E-state index is 11.9. The van der Waals surface area contributed by atoms with Gasteiger partial charge in [0.2, 0.25) is 0 Å². The van der Waals surface area contributed by atoms with Crippen molar-refractivity contribution in [1.29, 1.82) is 0 Å². The molecule has 0 heterocycles. The molecule has 2 amide bonds. The highest BCUT2D eigenvalue weighted by molar-refractivity contribution is 5.82. The Labute approximate surface area is 102 Å². The van der Waals surface area contributed by atoms with Gasteiger partial charge in [0.1, 0.15) is 6.04 Å². The summed E-state index contributed by atoms with van der Waals surface area (Å²) in [6.45, 7) is 5.56. The Hall–Kier alpha value is -1.26. The van der Waals surface area contributed by atoms with Crippen LogP contribution in [-0.2, 0) is 4.79 Å². The first-order valence-corrected chi connectivity index (χ1v) is 6.10. The summed E-state index contributed by atoms with van der Waals surface area (Å²) in [5.41, 5.74) is 0. The lowest BCUT2D eigenvalue weighted by Crippen LogP contribution is -2.51. The molecule has 2 N–H and O–H groups in total. The van der Waals surface area contributed by atoms with Crippen molar-refractivity contribution in [2.24, 2.45) is 11.8 Å². The number of carboxylic acid groups (broad SMARTS) is 1. The molecule has 1 rings (SSSR count). The predicted molar refractivity (Wildman–Crippen MR) is 64.7 cm³/mol. The quantitative estimate of drug-likeness (QED) is 0.768. The number of carbonyl (C=O) groups is 2. The molecular weight excluding hydrogens is 220 g/mol. The molecule has 0 bridgehead atoms. The molecule has 2 atom stereocenters. The van der Waals surface area contributed by atoms with E-state index in [0.717, 1.165) is 12.8 Å². The minimum absolute atomic E-state index is 0.124. The third-order valence-electron chi connectivity index (χ3n) is 3.45. The maximum Gasteiger partial charge on any atom is 0.326 e. The number of carboxylic acids is 1. The lowest BCUT2D eigenvalue weighted by molar-refractivity contribution is -0.140. The molecule has 0 saturated heterocycles. The van der Waals surface area contributed by atoms with Crippen molar-refractivity contribution in [3.8, 4) is 0 Å². The van der Waals surface area contributed by atoms with Gasteiger partial charge >= 0.3 is 12.0 Å². The van der Waals surface area contributed by atoms with Crippen LogP contribution in [0.5, 0.6) is 0 Å². The number of nitrogens with zero attached hydrogens (tertiary/aromatic N) is 1. The van der Waals surface area contributed by atoms with Crippen LogP contribution in [0.2, 0.25) is 0 Å². The van der Waals surface area contributed by atoms with Crippen molar-refractivity contribution < 1.29 is 14.7 Å². The van der Waals surface area contributed by atoms with Gasteiger partial charge < -0.3 is 15.3 Å². The molecule has 5 heteroatoms.